The van der Waals surface area contributed by atoms with Crippen LogP contribution >= 0.6 is 7.26 Å². The topological polar surface area (TPSA) is 0 Å². The van der Waals surface area contributed by atoms with Crippen molar-refractivity contribution in [2.24, 2.45) is 0 Å². The number of hydrogen-bond acceptors (Lipinski definition) is 0. The third-order valence-corrected chi connectivity index (χ3v) is 9.98. The molecule has 0 aliphatic heterocycles. The summed E-state index contributed by atoms with van der Waals surface area (Å²) in [6.07, 6.45) is 0. The van der Waals surface area contributed by atoms with Crippen LogP contribution in [-0.4, -0.2) is 0 Å². The highest BCUT2D eigenvalue weighted by molar-refractivity contribution is 8.01. The fourth-order valence-corrected chi connectivity index (χ4v) is 8.14. The van der Waals surface area contributed by atoms with Gasteiger partial charge in [-0.15, -0.1) is 0 Å². The van der Waals surface area contributed by atoms with E-state index in [0.29, 0.717) is 0 Å². The molecule has 0 nitrogen and oxygen atoms in total. The van der Waals surface area contributed by atoms with Crippen molar-refractivity contribution in [1.82, 2.24) is 0 Å². The van der Waals surface area contributed by atoms with Gasteiger partial charge in [0, 0.05) is 0 Å². The molecule has 0 fully saturated rings. The molecule has 0 aliphatic carbocycles. The highest BCUT2D eigenvalue weighted by atomic mass is 35.5. The lowest BCUT2D eigenvalue weighted by Gasteiger charge is -2.28. The summed E-state index contributed by atoms with van der Waals surface area (Å²) < 4.78 is 0. The van der Waals surface area contributed by atoms with Gasteiger partial charge in [-0.05, 0) is 76.2 Å². The van der Waals surface area contributed by atoms with E-state index in [1.54, 1.807) is 0 Å². The van der Waals surface area contributed by atoms with Crippen LogP contribution in [0.3, 0.4) is 0 Å². The zero-order valence-electron chi connectivity index (χ0n) is 18.1. The van der Waals surface area contributed by atoms with Crippen LogP contribution in [0.1, 0.15) is 22.3 Å². The Labute approximate surface area is 187 Å². The molecule has 152 valence electrons. The number of rotatable bonds is 4. The van der Waals surface area contributed by atoms with E-state index in [0.717, 1.165) is 0 Å². The Balaban J connectivity index is 0.00000256. The zero-order chi connectivity index (χ0) is 20.4. The Morgan fingerprint density at radius 1 is 0.333 bits per heavy atom. The van der Waals surface area contributed by atoms with Crippen LogP contribution in [-0.2, 0) is 0 Å². The fraction of sp³-hybridized carbons (Fsp3) is 0.143. The maximum absolute atomic E-state index is 2.34. The van der Waals surface area contributed by atoms with Crippen LogP contribution in [0.25, 0.3) is 0 Å². The minimum absolute atomic E-state index is 0. The lowest BCUT2D eigenvalue weighted by molar-refractivity contribution is -0.00000591. The van der Waals surface area contributed by atoms with Gasteiger partial charge in [0.05, 0.1) is 0 Å². The van der Waals surface area contributed by atoms with E-state index in [4.69, 9.17) is 0 Å². The lowest BCUT2D eigenvalue weighted by atomic mass is 10.2. The van der Waals surface area contributed by atoms with Crippen molar-refractivity contribution in [3.63, 3.8) is 0 Å². The Bertz CT molecular complexity index is 906. The first-order chi connectivity index (χ1) is 14.0. The molecule has 0 aromatic heterocycles. The Morgan fingerprint density at radius 2 is 0.500 bits per heavy atom. The van der Waals surface area contributed by atoms with Crippen molar-refractivity contribution in [3.05, 3.63) is 119 Å². The molecular formula is C28H28ClP. The molecule has 0 saturated heterocycles. The molecule has 0 saturated carbocycles. The summed E-state index contributed by atoms with van der Waals surface area (Å²) in [4.78, 5) is 0. The Hall–Kier alpha value is -2.40. The second-order valence-electron chi connectivity index (χ2n) is 8.01. The van der Waals surface area contributed by atoms with Gasteiger partial charge < -0.3 is 12.4 Å². The van der Waals surface area contributed by atoms with Gasteiger partial charge in [-0.2, -0.15) is 0 Å². The van der Waals surface area contributed by atoms with Crippen molar-refractivity contribution in [2.45, 2.75) is 27.7 Å². The predicted molar refractivity (Wildman–Crippen MR) is 130 cm³/mol. The normalized spacial score (nSPS) is 11.1. The summed E-state index contributed by atoms with van der Waals surface area (Å²) in [5, 5.41) is 5.61. The van der Waals surface area contributed by atoms with E-state index in [1.165, 1.54) is 43.5 Å². The monoisotopic (exact) mass is 430 g/mol. The number of benzene rings is 4. The summed E-state index contributed by atoms with van der Waals surface area (Å²) in [6, 6.07) is 36.7. The lowest BCUT2D eigenvalue weighted by Crippen LogP contribution is -3.00. The van der Waals surface area contributed by atoms with Crippen LogP contribution in [0, 0.1) is 27.7 Å². The average molecular weight is 431 g/mol. The fourth-order valence-electron chi connectivity index (χ4n) is 3.97. The van der Waals surface area contributed by atoms with Gasteiger partial charge >= 0.3 is 0 Å². The average Bonchev–Trinajstić information content (AvgIpc) is 2.73. The van der Waals surface area contributed by atoms with E-state index in [1.807, 2.05) is 0 Å². The molecule has 0 bridgehead atoms. The summed E-state index contributed by atoms with van der Waals surface area (Å²) >= 11 is 0. The largest absolute Gasteiger partial charge is 1.00 e. The SMILES string of the molecule is Cc1ccc([P+](c2ccc(C)cc2)(c2ccc(C)cc2)c2ccc(C)cc2)cc1.[Cl-]. The number of hydrogen-bond donors (Lipinski definition) is 0. The summed E-state index contributed by atoms with van der Waals surface area (Å²) in [7, 11) is -1.98. The first-order valence-corrected chi connectivity index (χ1v) is 12.0. The Kier molecular flexibility index (Phi) is 6.81. The van der Waals surface area contributed by atoms with Crippen molar-refractivity contribution >= 4 is 28.5 Å². The van der Waals surface area contributed by atoms with Gasteiger partial charge in [0.15, 0.2) is 0 Å². The summed E-state index contributed by atoms with van der Waals surface area (Å²) in [6.45, 7) is 8.64. The molecule has 0 amide bonds. The predicted octanol–water partition coefficient (Wildman–Crippen LogP) is 2.54. The summed E-state index contributed by atoms with van der Waals surface area (Å²) in [5.41, 5.74) is 5.18. The van der Waals surface area contributed by atoms with Crippen LogP contribution in [0.4, 0.5) is 0 Å². The van der Waals surface area contributed by atoms with Crippen LogP contribution < -0.4 is 33.6 Å². The highest BCUT2D eigenvalue weighted by Crippen LogP contribution is 2.54. The Morgan fingerprint density at radius 3 is 0.667 bits per heavy atom. The van der Waals surface area contributed by atoms with Crippen LogP contribution in [0.15, 0.2) is 97.1 Å². The van der Waals surface area contributed by atoms with E-state index in [9.17, 15) is 0 Å². The van der Waals surface area contributed by atoms with Gasteiger partial charge in [-0.3, -0.25) is 0 Å². The van der Waals surface area contributed by atoms with Gasteiger partial charge in [0.1, 0.15) is 28.5 Å². The molecule has 0 radical (unpaired) electrons. The van der Waals surface area contributed by atoms with Crippen molar-refractivity contribution in [2.75, 3.05) is 0 Å². The molecule has 4 aromatic rings. The first kappa shape index (κ1) is 22.3. The molecule has 4 aromatic carbocycles. The molecule has 0 unspecified atom stereocenters. The number of aryl methyl sites for hydroxylation is 4. The van der Waals surface area contributed by atoms with Crippen molar-refractivity contribution in [3.8, 4) is 0 Å². The van der Waals surface area contributed by atoms with E-state index in [-0.39, 0.29) is 12.4 Å². The minimum Gasteiger partial charge on any atom is -1.00 e. The maximum Gasteiger partial charge on any atom is 0.144 e. The zero-order valence-corrected chi connectivity index (χ0v) is 19.7. The second kappa shape index (κ2) is 9.17. The molecule has 0 atom stereocenters. The van der Waals surface area contributed by atoms with Gasteiger partial charge in [-0.1, -0.05) is 70.8 Å². The molecule has 0 aliphatic rings. The molecule has 0 heterocycles. The second-order valence-corrected chi connectivity index (χ2v) is 11.4. The van der Waals surface area contributed by atoms with Gasteiger partial charge in [-0.25, -0.2) is 0 Å². The minimum atomic E-state index is -1.98. The van der Waals surface area contributed by atoms with E-state index in [2.05, 4.69) is 125 Å². The maximum atomic E-state index is 2.34. The van der Waals surface area contributed by atoms with Crippen molar-refractivity contribution in [1.29, 1.82) is 0 Å². The van der Waals surface area contributed by atoms with E-state index >= 15 is 0 Å². The quantitative estimate of drug-likeness (QED) is 0.436. The van der Waals surface area contributed by atoms with Gasteiger partial charge in [0.25, 0.3) is 0 Å². The smallest absolute Gasteiger partial charge is 0.144 e. The third kappa shape index (κ3) is 4.08. The molecular weight excluding hydrogens is 403 g/mol. The summed E-state index contributed by atoms with van der Waals surface area (Å²) in [5.74, 6) is 0. The molecule has 2 heteroatoms. The highest BCUT2D eigenvalue weighted by Gasteiger charge is 2.47. The molecule has 30 heavy (non-hydrogen) atoms. The molecule has 0 N–H and O–H groups in total. The third-order valence-electron chi connectivity index (χ3n) is 5.69. The van der Waals surface area contributed by atoms with E-state index < -0.39 is 7.26 Å². The standard InChI is InChI=1S/C28H28P.ClH/c1-21-5-13-25(14-6-21)29(26-15-7-22(2)8-16-26,27-17-9-23(3)10-18-27)28-19-11-24(4)12-20-28;/h5-20H,1-4H3;1H/q+1;/p-1. The van der Waals surface area contributed by atoms with Crippen molar-refractivity contribution < 1.29 is 12.4 Å². The number of halogens is 1. The van der Waals surface area contributed by atoms with Crippen LogP contribution in [0.2, 0.25) is 0 Å². The first-order valence-electron chi connectivity index (χ1n) is 10.2. The van der Waals surface area contributed by atoms with Gasteiger partial charge in [0.2, 0.25) is 0 Å². The molecule has 4 rings (SSSR count). The van der Waals surface area contributed by atoms with Crippen LogP contribution in [0.5, 0.6) is 0 Å². The molecule has 0 spiro atoms.